The van der Waals surface area contributed by atoms with Gasteiger partial charge in [0.1, 0.15) is 0 Å². The minimum absolute atomic E-state index is 0.161. The Balaban J connectivity index is 1.52. The first-order valence-electron chi connectivity index (χ1n) is 14.0. The molecule has 2 atom stereocenters. The summed E-state index contributed by atoms with van der Waals surface area (Å²) in [6.07, 6.45) is 2.18. The molecule has 3 aromatic rings. The van der Waals surface area contributed by atoms with Crippen molar-refractivity contribution in [1.29, 1.82) is 0 Å². The molecule has 2 aliphatic rings. The van der Waals surface area contributed by atoms with E-state index in [9.17, 15) is 18.0 Å². The van der Waals surface area contributed by atoms with Crippen molar-refractivity contribution in [2.75, 3.05) is 39.4 Å². The van der Waals surface area contributed by atoms with E-state index in [1.807, 2.05) is 56.9 Å². The van der Waals surface area contributed by atoms with Crippen LogP contribution in [0.2, 0.25) is 0 Å². The van der Waals surface area contributed by atoms with Crippen LogP contribution < -0.4 is 0 Å². The van der Waals surface area contributed by atoms with Crippen LogP contribution in [0, 0.1) is 6.92 Å². The predicted molar refractivity (Wildman–Crippen MR) is 145 cm³/mol. The molecule has 0 bridgehead atoms. The second kappa shape index (κ2) is 11.9. The molecule has 5 rings (SSSR count). The Hall–Kier alpha value is -2.89. The highest BCUT2D eigenvalue weighted by atomic mass is 19.3. The summed E-state index contributed by atoms with van der Waals surface area (Å²) in [6, 6.07) is 4.04. The fourth-order valence-corrected chi connectivity index (χ4v) is 5.94. The largest absolute Gasteiger partial charge is 0.459 e. The molecule has 0 spiro atoms. The Morgan fingerprint density at radius 1 is 1.07 bits per heavy atom. The molecule has 0 saturated carbocycles. The van der Waals surface area contributed by atoms with E-state index < -0.39 is 18.7 Å². The SMILES string of the molecule is Cc1c(C(=O)OC(C)C)cc2c(-c3cnn(C4CCOCC4)c3)ccn2c1C(C)N1CCN(C(F)C(F)F)CC1. The highest BCUT2D eigenvalue weighted by Gasteiger charge is 2.33. The van der Waals surface area contributed by atoms with E-state index >= 15 is 0 Å². The lowest BCUT2D eigenvalue weighted by Crippen LogP contribution is -2.51. The maximum Gasteiger partial charge on any atom is 0.338 e. The second-order valence-electron chi connectivity index (χ2n) is 11.0. The molecule has 2 unspecified atom stereocenters. The molecule has 0 amide bonds. The molecule has 2 saturated heterocycles. The fourth-order valence-electron chi connectivity index (χ4n) is 5.94. The monoisotopic (exact) mass is 561 g/mol. The van der Waals surface area contributed by atoms with Crippen molar-refractivity contribution in [3.05, 3.63) is 47.5 Å². The summed E-state index contributed by atoms with van der Waals surface area (Å²) in [4.78, 5) is 16.6. The molecule has 218 valence electrons. The van der Waals surface area contributed by atoms with E-state index in [-0.39, 0.29) is 25.2 Å². The number of rotatable bonds is 8. The standard InChI is InChI=1S/C29H38F3N5O3/c1-18(2)40-29(38)24-15-25-23(21-16-33-37(17-21)22-6-13-39-14-7-22)5-8-36(25)26(19(24)3)20(4)34-9-11-35(12-10-34)28(32)27(30)31/h5,8,15-18,20,22,27-28H,6-7,9-14H2,1-4H3. The average molecular weight is 562 g/mol. The van der Waals surface area contributed by atoms with Gasteiger partial charge in [-0.05, 0) is 58.2 Å². The van der Waals surface area contributed by atoms with Gasteiger partial charge in [-0.15, -0.1) is 0 Å². The van der Waals surface area contributed by atoms with E-state index in [1.54, 1.807) is 0 Å². The van der Waals surface area contributed by atoms with Gasteiger partial charge in [-0.1, -0.05) is 0 Å². The topological polar surface area (TPSA) is 64.2 Å². The number of ether oxygens (including phenoxy) is 2. The van der Waals surface area contributed by atoms with Crippen molar-refractivity contribution in [2.24, 2.45) is 0 Å². The Labute approximate surface area is 232 Å². The summed E-state index contributed by atoms with van der Waals surface area (Å²) in [7, 11) is 0. The third-order valence-corrected chi connectivity index (χ3v) is 8.14. The fraction of sp³-hybridized carbons (Fsp3) is 0.586. The molecule has 40 heavy (non-hydrogen) atoms. The number of nitrogens with zero attached hydrogens (tertiary/aromatic N) is 5. The zero-order chi connectivity index (χ0) is 28.6. The van der Waals surface area contributed by atoms with E-state index in [1.165, 1.54) is 4.90 Å². The molecular formula is C29H38F3N5O3. The lowest BCUT2D eigenvalue weighted by Gasteiger charge is -2.39. The summed E-state index contributed by atoms with van der Waals surface area (Å²) in [5.74, 6) is -0.393. The summed E-state index contributed by atoms with van der Waals surface area (Å²) in [5, 5.41) is 4.65. The number of hydrogen-bond donors (Lipinski definition) is 0. The highest BCUT2D eigenvalue weighted by molar-refractivity contribution is 5.95. The molecule has 11 heteroatoms. The summed E-state index contributed by atoms with van der Waals surface area (Å²) < 4.78 is 55.0. The summed E-state index contributed by atoms with van der Waals surface area (Å²) in [5.41, 5.74) is 4.95. The number of pyridine rings is 1. The highest BCUT2D eigenvalue weighted by Crippen LogP contribution is 2.35. The van der Waals surface area contributed by atoms with E-state index in [0.717, 1.165) is 54.0 Å². The average Bonchev–Trinajstić information content (AvgIpc) is 3.59. The Morgan fingerprint density at radius 3 is 2.40 bits per heavy atom. The number of aromatic nitrogens is 3. The van der Waals surface area contributed by atoms with Crippen molar-refractivity contribution in [1.82, 2.24) is 24.0 Å². The number of esters is 1. The van der Waals surface area contributed by atoms with Gasteiger partial charge in [0.25, 0.3) is 6.43 Å². The van der Waals surface area contributed by atoms with Crippen LogP contribution in [0.5, 0.6) is 0 Å². The van der Waals surface area contributed by atoms with Crippen molar-refractivity contribution in [3.8, 4) is 11.1 Å². The number of carbonyl (C=O) groups is 1. The van der Waals surface area contributed by atoms with Crippen LogP contribution in [0.15, 0.2) is 30.7 Å². The van der Waals surface area contributed by atoms with Gasteiger partial charge in [-0.3, -0.25) is 14.5 Å². The maximum absolute atomic E-state index is 14.0. The molecule has 2 aliphatic heterocycles. The zero-order valence-corrected chi connectivity index (χ0v) is 23.5. The normalized spacial score (nSPS) is 19.5. The number of fused-ring (bicyclic) bond motifs is 1. The van der Waals surface area contributed by atoms with Gasteiger partial charge in [0.05, 0.1) is 29.4 Å². The molecule has 0 aromatic carbocycles. The van der Waals surface area contributed by atoms with Crippen molar-refractivity contribution < 1.29 is 27.4 Å². The molecule has 8 nitrogen and oxygen atoms in total. The number of piperazine rings is 1. The number of hydrogen-bond acceptors (Lipinski definition) is 6. The van der Waals surface area contributed by atoms with Gasteiger partial charge in [0.15, 0.2) is 0 Å². The van der Waals surface area contributed by atoms with Gasteiger partial charge in [0, 0.05) is 74.6 Å². The van der Waals surface area contributed by atoms with E-state index in [0.29, 0.717) is 24.7 Å². The lowest BCUT2D eigenvalue weighted by molar-refractivity contribution is -0.0688. The smallest absolute Gasteiger partial charge is 0.338 e. The van der Waals surface area contributed by atoms with Gasteiger partial charge < -0.3 is 13.9 Å². The van der Waals surface area contributed by atoms with Crippen LogP contribution >= 0.6 is 0 Å². The first-order chi connectivity index (χ1) is 19.2. The van der Waals surface area contributed by atoms with Crippen LogP contribution in [-0.4, -0.2) is 88.2 Å². The molecular weight excluding hydrogens is 523 g/mol. The molecule has 5 heterocycles. The first-order valence-corrected chi connectivity index (χ1v) is 14.0. The Bertz CT molecular complexity index is 1330. The van der Waals surface area contributed by atoms with Crippen molar-refractivity contribution in [2.45, 2.75) is 71.4 Å². The number of alkyl halides is 3. The summed E-state index contributed by atoms with van der Waals surface area (Å²) >= 11 is 0. The van der Waals surface area contributed by atoms with E-state index in [4.69, 9.17) is 9.47 Å². The minimum atomic E-state index is -3.02. The van der Waals surface area contributed by atoms with E-state index in [2.05, 4.69) is 20.6 Å². The van der Waals surface area contributed by atoms with Gasteiger partial charge in [-0.25, -0.2) is 18.0 Å². The van der Waals surface area contributed by atoms with Crippen molar-refractivity contribution >= 4 is 11.5 Å². The zero-order valence-electron chi connectivity index (χ0n) is 23.5. The van der Waals surface area contributed by atoms with Crippen LogP contribution in [0.1, 0.15) is 67.3 Å². The quantitative estimate of drug-likeness (QED) is 0.276. The third kappa shape index (κ3) is 5.64. The van der Waals surface area contributed by atoms with Gasteiger partial charge in [0.2, 0.25) is 6.30 Å². The van der Waals surface area contributed by atoms with Gasteiger partial charge in [-0.2, -0.15) is 5.10 Å². The predicted octanol–water partition coefficient (Wildman–Crippen LogP) is 5.27. The van der Waals surface area contributed by atoms with Crippen LogP contribution in [0.25, 0.3) is 16.6 Å². The molecule has 0 aliphatic carbocycles. The van der Waals surface area contributed by atoms with Gasteiger partial charge >= 0.3 is 5.97 Å². The Kier molecular flexibility index (Phi) is 8.53. The number of carbonyl (C=O) groups excluding carboxylic acids is 1. The molecule has 0 radical (unpaired) electrons. The second-order valence-corrected chi connectivity index (χ2v) is 11.0. The molecule has 0 N–H and O–H groups in total. The minimum Gasteiger partial charge on any atom is -0.459 e. The first kappa shape index (κ1) is 28.6. The maximum atomic E-state index is 14.0. The molecule has 3 aromatic heterocycles. The molecule has 2 fully saturated rings. The van der Waals surface area contributed by atoms with Crippen LogP contribution in [0.4, 0.5) is 13.2 Å². The van der Waals surface area contributed by atoms with Crippen LogP contribution in [0.3, 0.4) is 0 Å². The van der Waals surface area contributed by atoms with Crippen LogP contribution in [-0.2, 0) is 9.47 Å². The number of halogens is 3. The third-order valence-electron chi connectivity index (χ3n) is 8.14. The van der Waals surface area contributed by atoms with Crippen molar-refractivity contribution in [3.63, 3.8) is 0 Å². The lowest BCUT2D eigenvalue weighted by atomic mass is 9.99. The summed E-state index contributed by atoms with van der Waals surface area (Å²) in [6.45, 7) is 10.3. The Morgan fingerprint density at radius 2 is 1.75 bits per heavy atom.